The summed E-state index contributed by atoms with van der Waals surface area (Å²) in [6.07, 6.45) is 1.24. The van der Waals surface area contributed by atoms with Crippen molar-refractivity contribution < 1.29 is 18.6 Å². The minimum absolute atomic E-state index is 0.118. The third kappa shape index (κ3) is 4.23. The zero-order valence-electron chi connectivity index (χ0n) is 12.8. The number of nitrogens with zero attached hydrogens (tertiary/aromatic N) is 1. The second kappa shape index (κ2) is 6.70. The van der Waals surface area contributed by atoms with Crippen LogP contribution in [0, 0.1) is 0 Å². The molecule has 0 aromatic heterocycles. The van der Waals surface area contributed by atoms with Gasteiger partial charge in [0, 0.05) is 0 Å². The molecule has 0 aliphatic rings. The molecule has 2 rings (SSSR count). The lowest BCUT2D eigenvalue weighted by molar-refractivity contribution is 0.403. The van der Waals surface area contributed by atoms with Gasteiger partial charge in [-0.15, -0.1) is 0 Å². The number of phenols is 2. The Morgan fingerprint density at radius 3 is 2.26 bits per heavy atom. The molecule has 0 fully saturated rings. The maximum absolute atomic E-state index is 12.1. The van der Waals surface area contributed by atoms with Gasteiger partial charge in [-0.1, -0.05) is 26.0 Å². The molecule has 0 saturated heterocycles. The number of phenolic OH excluding ortho intramolecular Hbond substituents is 2. The van der Waals surface area contributed by atoms with Gasteiger partial charge in [0.2, 0.25) is 0 Å². The van der Waals surface area contributed by atoms with Gasteiger partial charge in [0.05, 0.1) is 11.1 Å². The largest absolute Gasteiger partial charge is 0.504 e. The van der Waals surface area contributed by atoms with E-state index < -0.39 is 10.0 Å². The van der Waals surface area contributed by atoms with Gasteiger partial charge in [-0.2, -0.15) is 13.5 Å². The maximum Gasteiger partial charge on any atom is 0.276 e. The van der Waals surface area contributed by atoms with Crippen molar-refractivity contribution in [2.45, 2.75) is 24.7 Å². The molecular formula is C16H18N2O4S. The van der Waals surface area contributed by atoms with Crippen LogP contribution in [0.25, 0.3) is 0 Å². The Hall–Kier alpha value is -2.54. The van der Waals surface area contributed by atoms with Crippen molar-refractivity contribution in [3.05, 3.63) is 53.6 Å². The summed E-state index contributed by atoms with van der Waals surface area (Å²) in [6.45, 7) is 4.05. The predicted octanol–water partition coefficient (Wildman–Crippen LogP) is 2.53. The molecular weight excluding hydrogens is 316 g/mol. The number of benzene rings is 2. The first-order valence-electron chi connectivity index (χ1n) is 6.96. The summed E-state index contributed by atoms with van der Waals surface area (Å²) in [4.78, 5) is 2.22. The van der Waals surface area contributed by atoms with Crippen molar-refractivity contribution in [3.8, 4) is 11.5 Å². The van der Waals surface area contributed by atoms with Crippen molar-refractivity contribution in [2.24, 2.45) is 5.10 Å². The second-order valence-corrected chi connectivity index (χ2v) is 6.99. The van der Waals surface area contributed by atoms with Gasteiger partial charge >= 0.3 is 0 Å². The molecule has 0 aliphatic carbocycles. The topological polar surface area (TPSA) is 99.0 Å². The minimum atomic E-state index is -3.75. The summed E-state index contributed by atoms with van der Waals surface area (Å²) in [7, 11) is -3.75. The molecule has 0 heterocycles. The molecule has 0 atom stereocenters. The zero-order chi connectivity index (χ0) is 17.0. The summed E-state index contributed by atoms with van der Waals surface area (Å²) in [6, 6.07) is 10.6. The highest BCUT2D eigenvalue weighted by Crippen LogP contribution is 2.24. The number of nitrogens with one attached hydrogen (secondary N) is 1. The van der Waals surface area contributed by atoms with Gasteiger partial charge in [0.25, 0.3) is 10.0 Å². The molecule has 2 aromatic rings. The minimum Gasteiger partial charge on any atom is -0.504 e. The molecule has 0 bridgehead atoms. The van der Waals surface area contributed by atoms with Crippen LogP contribution in [0.3, 0.4) is 0 Å². The Morgan fingerprint density at radius 2 is 1.70 bits per heavy atom. The molecule has 0 amide bonds. The first kappa shape index (κ1) is 16.8. The van der Waals surface area contributed by atoms with E-state index in [0.29, 0.717) is 11.5 Å². The highest BCUT2D eigenvalue weighted by atomic mass is 32.2. The summed E-state index contributed by atoms with van der Waals surface area (Å²) in [5.74, 6) is -0.242. The number of aromatic hydroxyl groups is 2. The van der Waals surface area contributed by atoms with Crippen LogP contribution in [-0.4, -0.2) is 24.8 Å². The normalized spacial score (nSPS) is 12.0. The Morgan fingerprint density at radius 1 is 1.04 bits per heavy atom. The fourth-order valence-electron chi connectivity index (χ4n) is 1.88. The van der Waals surface area contributed by atoms with Crippen molar-refractivity contribution in [1.29, 1.82) is 0 Å². The van der Waals surface area contributed by atoms with E-state index in [1.54, 1.807) is 12.1 Å². The lowest BCUT2D eigenvalue weighted by Crippen LogP contribution is -2.18. The van der Waals surface area contributed by atoms with Crippen LogP contribution in [0.4, 0.5) is 0 Å². The van der Waals surface area contributed by atoms with E-state index in [-0.39, 0.29) is 16.4 Å². The van der Waals surface area contributed by atoms with E-state index in [4.69, 9.17) is 0 Å². The van der Waals surface area contributed by atoms with Crippen LogP contribution in [0.2, 0.25) is 0 Å². The van der Waals surface area contributed by atoms with Crippen LogP contribution >= 0.6 is 0 Å². The van der Waals surface area contributed by atoms with Crippen LogP contribution < -0.4 is 4.83 Å². The molecule has 0 unspecified atom stereocenters. The molecule has 7 heteroatoms. The highest BCUT2D eigenvalue weighted by molar-refractivity contribution is 7.89. The monoisotopic (exact) mass is 334 g/mol. The Bertz CT molecular complexity index is 812. The number of hydrazone groups is 1. The lowest BCUT2D eigenvalue weighted by atomic mass is 10.0. The molecule has 6 nitrogen and oxygen atoms in total. The van der Waals surface area contributed by atoms with Crippen LogP contribution in [0.1, 0.15) is 30.9 Å². The van der Waals surface area contributed by atoms with E-state index in [0.717, 1.165) is 5.56 Å². The highest BCUT2D eigenvalue weighted by Gasteiger charge is 2.12. The molecule has 0 saturated carbocycles. The molecule has 122 valence electrons. The summed E-state index contributed by atoms with van der Waals surface area (Å²) >= 11 is 0. The summed E-state index contributed by atoms with van der Waals surface area (Å²) in [5.41, 5.74) is 1.49. The van der Waals surface area contributed by atoms with Crippen molar-refractivity contribution in [1.82, 2.24) is 4.83 Å². The van der Waals surface area contributed by atoms with E-state index in [1.807, 2.05) is 13.8 Å². The summed E-state index contributed by atoms with van der Waals surface area (Å²) in [5, 5.41) is 22.2. The van der Waals surface area contributed by atoms with E-state index in [9.17, 15) is 18.6 Å². The van der Waals surface area contributed by atoms with Gasteiger partial charge in [-0.25, -0.2) is 4.83 Å². The number of hydrogen-bond donors (Lipinski definition) is 3. The van der Waals surface area contributed by atoms with Crippen LogP contribution in [0.5, 0.6) is 11.5 Å². The van der Waals surface area contributed by atoms with Gasteiger partial charge in [0.15, 0.2) is 11.5 Å². The average Bonchev–Trinajstić information content (AvgIpc) is 2.51. The van der Waals surface area contributed by atoms with E-state index in [2.05, 4.69) is 9.93 Å². The first-order valence-corrected chi connectivity index (χ1v) is 8.45. The molecule has 0 spiro atoms. The van der Waals surface area contributed by atoms with E-state index >= 15 is 0 Å². The smallest absolute Gasteiger partial charge is 0.276 e. The zero-order valence-corrected chi connectivity index (χ0v) is 13.6. The predicted molar refractivity (Wildman–Crippen MR) is 88.2 cm³/mol. The van der Waals surface area contributed by atoms with Gasteiger partial charge in [-0.05, 0) is 47.4 Å². The number of rotatable bonds is 5. The van der Waals surface area contributed by atoms with Crippen molar-refractivity contribution in [3.63, 3.8) is 0 Å². The fourth-order valence-corrected chi connectivity index (χ4v) is 2.67. The molecule has 2 aromatic carbocycles. The molecule has 3 N–H and O–H groups in total. The Kier molecular flexibility index (Phi) is 4.90. The number of sulfonamides is 1. The van der Waals surface area contributed by atoms with E-state index in [1.165, 1.54) is 36.5 Å². The summed E-state index contributed by atoms with van der Waals surface area (Å²) < 4.78 is 24.2. The van der Waals surface area contributed by atoms with Crippen LogP contribution in [0.15, 0.2) is 52.5 Å². The first-order chi connectivity index (χ1) is 10.8. The number of hydrogen-bond acceptors (Lipinski definition) is 5. The molecule has 23 heavy (non-hydrogen) atoms. The lowest BCUT2D eigenvalue weighted by Gasteiger charge is -2.07. The molecule has 0 radical (unpaired) electrons. The van der Waals surface area contributed by atoms with Gasteiger partial charge < -0.3 is 10.2 Å². The van der Waals surface area contributed by atoms with Gasteiger partial charge in [-0.3, -0.25) is 0 Å². The second-order valence-electron chi connectivity index (χ2n) is 5.32. The molecule has 0 aliphatic heterocycles. The van der Waals surface area contributed by atoms with Crippen molar-refractivity contribution in [2.75, 3.05) is 0 Å². The average molecular weight is 334 g/mol. The fraction of sp³-hybridized carbons (Fsp3) is 0.188. The SMILES string of the molecule is CC(C)c1ccc(S(=O)(=O)N/N=C/c2ccc(O)c(O)c2)cc1. The van der Waals surface area contributed by atoms with Gasteiger partial charge in [0.1, 0.15) is 0 Å². The third-order valence-corrected chi connectivity index (χ3v) is 4.48. The maximum atomic E-state index is 12.1. The Labute approximate surface area is 135 Å². The van der Waals surface area contributed by atoms with Crippen LogP contribution in [-0.2, 0) is 10.0 Å². The standard InChI is InChI=1S/C16H18N2O4S/c1-11(2)13-4-6-14(7-5-13)23(21,22)18-17-10-12-3-8-15(19)16(20)9-12/h3-11,18-20H,1-2H3/b17-10+. The quantitative estimate of drug-likeness (QED) is 0.444. The Balaban J connectivity index is 2.11. The van der Waals surface area contributed by atoms with Crippen molar-refractivity contribution >= 4 is 16.2 Å². The third-order valence-electron chi connectivity index (χ3n) is 3.24.